The van der Waals surface area contributed by atoms with Crippen LogP contribution in [0.3, 0.4) is 0 Å². The highest BCUT2D eigenvalue weighted by Gasteiger charge is 2.11. The van der Waals surface area contributed by atoms with Crippen molar-refractivity contribution in [3.63, 3.8) is 0 Å². The molecule has 0 amide bonds. The van der Waals surface area contributed by atoms with Crippen LogP contribution in [0.4, 0.5) is 0 Å². The van der Waals surface area contributed by atoms with Gasteiger partial charge < -0.3 is 4.74 Å². The van der Waals surface area contributed by atoms with Crippen molar-refractivity contribution in [3.8, 4) is 10.9 Å². The topological polar surface area (TPSA) is 22.1 Å². The molecular weight excluding hydrogens is 368 g/mol. The molecule has 0 aliphatic heterocycles. The second kappa shape index (κ2) is 5.76. The molecule has 0 spiro atoms. The first-order chi connectivity index (χ1) is 8.10. The lowest BCUT2D eigenvalue weighted by Crippen LogP contribution is -1.84. The molecule has 1 heterocycles. The first-order valence-electron chi connectivity index (χ1n) is 4.44. The summed E-state index contributed by atoms with van der Waals surface area (Å²) in [6, 6.07) is 5.32. The van der Waals surface area contributed by atoms with Gasteiger partial charge in [-0.15, -0.1) is 11.6 Å². The van der Waals surface area contributed by atoms with Crippen LogP contribution in [0.2, 0.25) is 10.2 Å². The fourth-order valence-electron chi connectivity index (χ4n) is 1.09. The van der Waals surface area contributed by atoms with Crippen LogP contribution < -0.4 is 4.74 Å². The number of hydrogen-bond donors (Lipinski definition) is 0. The average molecular weight is 373 g/mol. The van der Waals surface area contributed by atoms with Crippen LogP contribution in [0.15, 0.2) is 22.7 Å². The number of rotatable bonds is 3. The predicted octanol–water partition coefficient (Wildman–Crippen LogP) is 5.74. The highest BCUT2D eigenvalue weighted by atomic mass is 79.9. The van der Waals surface area contributed by atoms with Crippen molar-refractivity contribution in [2.75, 3.05) is 0 Å². The number of hydrogen-bond acceptors (Lipinski definition) is 3. The fraction of sp³-hybridized carbons (Fsp3) is 0.100. The summed E-state index contributed by atoms with van der Waals surface area (Å²) in [6.45, 7) is 0. The first kappa shape index (κ1) is 13.4. The fourth-order valence-corrected chi connectivity index (χ4v) is 2.92. The molecule has 0 N–H and O–H groups in total. The Labute approximate surface area is 126 Å². The molecule has 0 atom stereocenters. The Balaban J connectivity index is 2.27. The number of benzene rings is 1. The van der Waals surface area contributed by atoms with Gasteiger partial charge in [-0.1, -0.05) is 50.5 Å². The number of nitrogens with zero attached hydrogens (tertiary/aromatic N) is 1. The monoisotopic (exact) mass is 371 g/mol. The summed E-state index contributed by atoms with van der Waals surface area (Å²) in [5.41, 5.74) is 0. The highest BCUT2D eigenvalue weighted by Crippen LogP contribution is 2.36. The van der Waals surface area contributed by atoms with Gasteiger partial charge in [0.25, 0.3) is 5.19 Å². The standard InChI is InChI=1S/C10H5BrCl3NOS/c11-5-1-2-6(13)7(3-5)16-10-15-9(14)8(4-12)17-10/h1-3H,4H2. The minimum atomic E-state index is 0.312. The molecule has 2 aromatic rings. The molecular formula is C10H5BrCl3NOS. The maximum atomic E-state index is 6.00. The van der Waals surface area contributed by atoms with Crippen molar-refractivity contribution >= 4 is 62.1 Å². The van der Waals surface area contributed by atoms with Gasteiger partial charge in [0.15, 0.2) is 0 Å². The summed E-state index contributed by atoms with van der Waals surface area (Å²) >= 11 is 22.2. The van der Waals surface area contributed by atoms with Crippen LogP contribution in [0, 0.1) is 0 Å². The summed E-state index contributed by atoms with van der Waals surface area (Å²) < 4.78 is 6.43. The summed E-state index contributed by atoms with van der Waals surface area (Å²) in [4.78, 5) is 4.82. The zero-order valence-electron chi connectivity index (χ0n) is 8.21. The minimum absolute atomic E-state index is 0.312. The van der Waals surface area contributed by atoms with Gasteiger partial charge in [-0.3, -0.25) is 0 Å². The molecule has 90 valence electrons. The Morgan fingerprint density at radius 3 is 2.76 bits per heavy atom. The van der Waals surface area contributed by atoms with Gasteiger partial charge in [0.05, 0.1) is 15.8 Å². The molecule has 7 heteroatoms. The zero-order valence-corrected chi connectivity index (χ0v) is 12.9. The van der Waals surface area contributed by atoms with Crippen LogP contribution in [0.5, 0.6) is 10.9 Å². The van der Waals surface area contributed by atoms with Crippen LogP contribution >= 0.6 is 62.1 Å². The van der Waals surface area contributed by atoms with E-state index in [4.69, 9.17) is 39.5 Å². The maximum Gasteiger partial charge on any atom is 0.280 e. The predicted molar refractivity (Wildman–Crippen MR) is 75.9 cm³/mol. The van der Waals surface area contributed by atoms with Crippen LogP contribution in [0.1, 0.15) is 4.88 Å². The second-order valence-corrected chi connectivity index (χ2v) is 6.00. The Morgan fingerprint density at radius 2 is 2.12 bits per heavy atom. The quantitative estimate of drug-likeness (QED) is 0.640. The third-order valence-corrected chi connectivity index (χ3v) is 4.43. The van der Waals surface area contributed by atoms with E-state index < -0.39 is 0 Å². The number of alkyl halides is 1. The van der Waals surface area contributed by atoms with Crippen LogP contribution in [-0.4, -0.2) is 4.98 Å². The lowest BCUT2D eigenvalue weighted by molar-refractivity contribution is 0.479. The second-order valence-electron chi connectivity index (χ2n) is 3.00. The van der Waals surface area contributed by atoms with E-state index in [0.717, 1.165) is 9.35 Å². The van der Waals surface area contributed by atoms with Gasteiger partial charge in [0, 0.05) is 4.47 Å². The van der Waals surface area contributed by atoms with E-state index in [9.17, 15) is 0 Å². The molecule has 0 bridgehead atoms. The third kappa shape index (κ3) is 3.26. The molecule has 0 fully saturated rings. The molecule has 17 heavy (non-hydrogen) atoms. The average Bonchev–Trinajstić information content (AvgIpc) is 2.64. The smallest absolute Gasteiger partial charge is 0.280 e. The van der Waals surface area contributed by atoms with Gasteiger partial charge in [0.2, 0.25) is 0 Å². The molecule has 0 aliphatic rings. The Bertz CT molecular complexity index is 546. The number of aromatic nitrogens is 1. The molecule has 0 aliphatic carbocycles. The van der Waals surface area contributed by atoms with E-state index in [1.54, 1.807) is 12.1 Å². The van der Waals surface area contributed by atoms with Gasteiger partial charge in [-0.25, -0.2) is 0 Å². The summed E-state index contributed by atoms with van der Waals surface area (Å²) in [5.74, 6) is 0.832. The molecule has 2 rings (SSSR count). The van der Waals surface area contributed by atoms with E-state index in [0.29, 0.717) is 27.0 Å². The van der Waals surface area contributed by atoms with Crippen molar-refractivity contribution in [1.29, 1.82) is 0 Å². The molecule has 0 saturated heterocycles. The lowest BCUT2D eigenvalue weighted by Gasteiger charge is -2.04. The van der Waals surface area contributed by atoms with E-state index >= 15 is 0 Å². The van der Waals surface area contributed by atoms with E-state index in [1.165, 1.54) is 11.3 Å². The van der Waals surface area contributed by atoms with Gasteiger partial charge >= 0.3 is 0 Å². The highest BCUT2D eigenvalue weighted by molar-refractivity contribution is 9.10. The van der Waals surface area contributed by atoms with Crippen molar-refractivity contribution < 1.29 is 4.74 Å². The Kier molecular flexibility index (Phi) is 4.55. The Hall–Kier alpha value is -0.000000000000000111. The number of ether oxygens (including phenoxy) is 1. The van der Waals surface area contributed by atoms with Gasteiger partial charge in [0.1, 0.15) is 10.9 Å². The summed E-state index contributed by atoms with van der Waals surface area (Å²) in [7, 11) is 0. The normalized spacial score (nSPS) is 10.6. The van der Waals surface area contributed by atoms with Crippen molar-refractivity contribution in [1.82, 2.24) is 4.98 Å². The first-order valence-corrected chi connectivity index (χ1v) is 7.34. The number of thiazole rings is 1. The van der Waals surface area contributed by atoms with Crippen LogP contribution in [0.25, 0.3) is 0 Å². The third-order valence-electron chi connectivity index (χ3n) is 1.84. The molecule has 0 radical (unpaired) electrons. The molecule has 2 nitrogen and oxygen atoms in total. The summed E-state index contributed by atoms with van der Waals surface area (Å²) in [5, 5.41) is 1.30. The molecule has 1 aromatic carbocycles. The van der Waals surface area contributed by atoms with E-state index in [-0.39, 0.29) is 0 Å². The van der Waals surface area contributed by atoms with Crippen molar-refractivity contribution in [3.05, 3.63) is 37.7 Å². The minimum Gasteiger partial charge on any atom is -0.429 e. The lowest BCUT2D eigenvalue weighted by atomic mass is 10.3. The maximum absolute atomic E-state index is 6.00. The number of halogens is 4. The van der Waals surface area contributed by atoms with E-state index in [1.807, 2.05) is 6.07 Å². The molecule has 0 unspecified atom stereocenters. The Morgan fingerprint density at radius 1 is 1.35 bits per heavy atom. The molecule has 1 aromatic heterocycles. The SMILES string of the molecule is ClCc1sc(Oc2cc(Br)ccc2Cl)nc1Cl. The summed E-state index contributed by atoms with van der Waals surface area (Å²) in [6.07, 6.45) is 0. The molecule has 0 saturated carbocycles. The largest absolute Gasteiger partial charge is 0.429 e. The van der Waals surface area contributed by atoms with Gasteiger partial charge in [-0.05, 0) is 18.2 Å². The van der Waals surface area contributed by atoms with Crippen molar-refractivity contribution in [2.45, 2.75) is 5.88 Å². The van der Waals surface area contributed by atoms with Crippen molar-refractivity contribution in [2.24, 2.45) is 0 Å². The van der Waals surface area contributed by atoms with Crippen LogP contribution in [-0.2, 0) is 5.88 Å². The zero-order chi connectivity index (χ0) is 12.4. The van der Waals surface area contributed by atoms with Gasteiger partial charge in [-0.2, -0.15) is 4.98 Å². The van der Waals surface area contributed by atoms with E-state index in [2.05, 4.69) is 20.9 Å².